The Morgan fingerprint density at radius 3 is 2.45 bits per heavy atom. The molecule has 0 radical (unpaired) electrons. The van der Waals surface area contributed by atoms with Crippen LogP contribution in [0.5, 0.6) is 0 Å². The number of rotatable bonds is 6. The van der Waals surface area contributed by atoms with Crippen molar-refractivity contribution in [2.75, 3.05) is 0 Å². The maximum Gasteiger partial charge on any atom is 0.205 e. The molecular formula is C23H24N8. The Morgan fingerprint density at radius 2 is 1.74 bits per heavy atom. The zero-order valence-corrected chi connectivity index (χ0v) is 17.9. The fourth-order valence-corrected chi connectivity index (χ4v) is 4.13. The number of nitrogens with zero attached hydrogens (tertiary/aromatic N) is 7. The van der Waals surface area contributed by atoms with Gasteiger partial charge in [0.1, 0.15) is 5.82 Å². The molecule has 0 spiro atoms. The van der Waals surface area contributed by atoms with Crippen molar-refractivity contribution >= 4 is 5.65 Å². The second-order valence-corrected chi connectivity index (χ2v) is 7.73. The summed E-state index contributed by atoms with van der Waals surface area (Å²) in [5.74, 6) is 1.39. The number of fused-ring (bicyclic) bond motifs is 1. The normalized spacial score (nSPS) is 11.5. The van der Waals surface area contributed by atoms with Crippen LogP contribution in [0, 0.1) is 13.8 Å². The van der Waals surface area contributed by atoms with Gasteiger partial charge in [-0.2, -0.15) is 9.84 Å². The Kier molecular flexibility index (Phi) is 4.82. The van der Waals surface area contributed by atoms with Crippen molar-refractivity contribution < 1.29 is 0 Å². The number of aromatic nitrogens is 8. The minimum absolute atomic E-state index is 0.593. The summed E-state index contributed by atoms with van der Waals surface area (Å²) in [7, 11) is 0. The van der Waals surface area contributed by atoms with E-state index in [0.717, 1.165) is 47.5 Å². The largest absolute Gasteiger partial charge is 0.263 e. The van der Waals surface area contributed by atoms with Crippen molar-refractivity contribution in [1.82, 2.24) is 40.0 Å². The predicted molar refractivity (Wildman–Crippen MR) is 119 cm³/mol. The fourth-order valence-electron chi connectivity index (χ4n) is 4.13. The topological polar surface area (TPSA) is 89.6 Å². The highest BCUT2D eigenvalue weighted by atomic mass is 15.5. The first-order valence-electron chi connectivity index (χ1n) is 10.5. The van der Waals surface area contributed by atoms with Gasteiger partial charge in [0.15, 0.2) is 5.65 Å². The van der Waals surface area contributed by atoms with Crippen molar-refractivity contribution in [3.8, 4) is 22.5 Å². The molecule has 8 heteroatoms. The first-order valence-corrected chi connectivity index (χ1v) is 10.5. The van der Waals surface area contributed by atoms with Crippen LogP contribution in [0.1, 0.15) is 36.0 Å². The lowest BCUT2D eigenvalue weighted by Gasteiger charge is -2.12. The van der Waals surface area contributed by atoms with Crippen molar-refractivity contribution in [3.63, 3.8) is 0 Å². The Morgan fingerprint density at radius 1 is 0.968 bits per heavy atom. The second kappa shape index (κ2) is 7.79. The van der Waals surface area contributed by atoms with Gasteiger partial charge in [0.05, 0.1) is 6.54 Å². The second-order valence-electron chi connectivity index (χ2n) is 7.73. The maximum atomic E-state index is 4.62. The number of H-pyrrole nitrogens is 1. The molecule has 0 fully saturated rings. The van der Waals surface area contributed by atoms with Crippen LogP contribution in [0.4, 0.5) is 0 Å². The van der Waals surface area contributed by atoms with Gasteiger partial charge in [-0.05, 0) is 42.2 Å². The third-order valence-electron chi connectivity index (χ3n) is 5.60. The number of hydrogen-bond acceptors (Lipinski definition) is 5. The molecule has 2 aromatic carbocycles. The SMILES string of the molecule is CCCc1c(C)c2nc(C)nn2n1Cc1ccc(-c2ccccc2-c2nn[nH]n2)cc1. The van der Waals surface area contributed by atoms with E-state index in [2.05, 4.69) is 79.6 Å². The van der Waals surface area contributed by atoms with Crippen molar-refractivity contribution in [2.45, 2.75) is 40.2 Å². The number of benzene rings is 2. The van der Waals surface area contributed by atoms with E-state index in [-0.39, 0.29) is 0 Å². The van der Waals surface area contributed by atoms with Crippen LogP contribution < -0.4 is 0 Å². The molecule has 3 aromatic heterocycles. The molecular weight excluding hydrogens is 388 g/mol. The van der Waals surface area contributed by atoms with E-state index in [1.54, 1.807) is 0 Å². The maximum absolute atomic E-state index is 4.62. The summed E-state index contributed by atoms with van der Waals surface area (Å²) in [5.41, 5.74) is 7.82. The molecule has 156 valence electrons. The van der Waals surface area contributed by atoms with Crippen molar-refractivity contribution in [3.05, 3.63) is 71.2 Å². The zero-order chi connectivity index (χ0) is 21.4. The molecule has 0 aliphatic rings. The summed E-state index contributed by atoms with van der Waals surface area (Å²) < 4.78 is 4.20. The van der Waals surface area contributed by atoms with Crippen LogP contribution in [0.3, 0.4) is 0 Å². The van der Waals surface area contributed by atoms with Crippen LogP contribution in [-0.4, -0.2) is 40.0 Å². The smallest absolute Gasteiger partial charge is 0.205 e. The molecule has 0 atom stereocenters. The Bertz CT molecular complexity index is 1330. The van der Waals surface area contributed by atoms with Gasteiger partial charge in [-0.3, -0.25) is 4.68 Å². The van der Waals surface area contributed by atoms with E-state index in [0.29, 0.717) is 5.82 Å². The highest BCUT2D eigenvalue weighted by Gasteiger charge is 2.17. The number of tetrazole rings is 1. The van der Waals surface area contributed by atoms with Gasteiger partial charge in [0, 0.05) is 16.8 Å². The number of hydrogen-bond donors (Lipinski definition) is 1. The van der Waals surface area contributed by atoms with Crippen LogP contribution in [0.2, 0.25) is 0 Å². The molecule has 8 nitrogen and oxygen atoms in total. The minimum atomic E-state index is 0.593. The monoisotopic (exact) mass is 412 g/mol. The molecule has 5 aromatic rings. The minimum Gasteiger partial charge on any atom is -0.263 e. The molecule has 0 saturated heterocycles. The lowest BCUT2D eigenvalue weighted by molar-refractivity contribution is 0.552. The van der Waals surface area contributed by atoms with Gasteiger partial charge >= 0.3 is 0 Å². The average molecular weight is 413 g/mol. The van der Waals surface area contributed by atoms with E-state index < -0.39 is 0 Å². The Labute approximate surface area is 179 Å². The molecule has 0 aliphatic heterocycles. The summed E-state index contributed by atoms with van der Waals surface area (Å²) in [4.78, 5) is 4.62. The third-order valence-corrected chi connectivity index (χ3v) is 5.60. The molecule has 0 aliphatic carbocycles. The van der Waals surface area contributed by atoms with E-state index in [4.69, 9.17) is 0 Å². The van der Waals surface area contributed by atoms with E-state index >= 15 is 0 Å². The molecule has 1 N–H and O–H groups in total. The van der Waals surface area contributed by atoms with Gasteiger partial charge < -0.3 is 0 Å². The predicted octanol–water partition coefficient (Wildman–Crippen LogP) is 4.00. The van der Waals surface area contributed by atoms with Gasteiger partial charge in [-0.15, -0.1) is 15.3 Å². The molecule has 31 heavy (non-hydrogen) atoms. The van der Waals surface area contributed by atoms with Crippen LogP contribution in [0.15, 0.2) is 48.5 Å². The summed E-state index contributed by atoms with van der Waals surface area (Å²) in [6.07, 6.45) is 2.09. The number of aromatic amines is 1. The molecule has 0 unspecified atom stereocenters. The van der Waals surface area contributed by atoms with E-state index in [1.165, 1.54) is 16.8 Å². The van der Waals surface area contributed by atoms with Crippen molar-refractivity contribution in [1.29, 1.82) is 0 Å². The lowest BCUT2D eigenvalue weighted by Crippen LogP contribution is -2.12. The lowest BCUT2D eigenvalue weighted by atomic mass is 9.98. The van der Waals surface area contributed by atoms with Crippen LogP contribution in [0.25, 0.3) is 28.2 Å². The average Bonchev–Trinajstić information content (AvgIpc) is 3.50. The standard InChI is InChI=1S/C23H24N8/c1-4-7-21-15(2)23-24-16(3)27-31(23)30(21)14-17-10-12-18(13-11-17)19-8-5-6-9-20(19)22-25-28-29-26-22/h5-6,8-13H,4,7,14H2,1-3H3,(H,25,26,28,29). The third kappa shape index (κ3) is 3.39. The summed E-state index contributed by atoms with van der Waals surface area (Å²) in [6, 6.07) is 16.7. The Hall–Kier alpha value is -3.81. The van der Waals surface area contributed by atoms with Crippen molar-refractivity contribution in [2.24, 2.45) is 0 Å². The zero-order valence-electron chi connectivity index (χ0n) is 17.9. The van der Waals surface area contributed by atoms with E-state index in [9.17, 15) is 0 Å². The Balaban J connectivity index is 1.50. The summed E-state index contributed by atoms with van der Waals surface area (Å²) in [5, 5.41) is 19.1. The molecule has 0 bridgehead atoms. The molecule has 3 heterocycles. The fraction of sp³-hybridized carbons (Fsp3) is 0.261. The number of nitrogens with one attached hydrogen (secondary N) is 1. The van der Waals surface area contributed by atoms with Crippen LogP contribution in [-0.2, 0) is 13.0 Å². The van der Waals surface area contributed by atoms with Gasteiger partial charge in [-0.1, -0.05) is 61.9 Å². The quantitative estimate of drug-likeness (QED) is 0.455. The molecule has 0 amide bonds. The first-order chi connectivity index (χ1) is 15.2. The van der Waals surface area contributed by atoms with Gasteiger partial charge in [-0.25, -0.2) is 4.98 Å². The molecule has 5 rings (SSSR count). The van der Waals surface area contributed by atoms with Gasteiger partial charge in [0.25, 0.3) is 0 Å². The van der Waals surface area contributed by atoms with E-state index in [1.807, 2.05) is 29.8 Å². The highest BCUT2D eigenvalue weighted by molar-refractivity contribution is 5.80. The molecule has 0 saturated carbocycles. The van der Waals surface area contributed by atoms with Gasteiger partial charge in [0.2, 0.25) is 5.82 Å². The summed E-state index contributed by atoms with van der Waals surface area (Å²) >= 11 is 0. The van der Waals surface area contributed by atoms with Crippen LogP contribution >= 0.6 is 0 Å². The number of aryl methyl sites for hydroxylation is 2. The highest BCUT2D eigenvalue weighted by Crippen LogP contribution is 2.30. The summed E-state index contributed by atoms with van der Waals surface area (Å²) in [6.45, 7) is 7.03. The first kappa shape index (κ1) is 19.2.